The third-order valence-corrected chi connectivity index (χ3v) is 2.08. The molecule has 70 valence electrons. The van der Waals surface area contributed by atoms with Gasteiger partial charge < -0.3 is 4.74 Å². The standard InChI is InChI=1S/C10H6FNO2/c11-7-2-1-6(5-12)9-8(13)3-4-14-10(7)9/h1-2H,3-4H2. The lowest BCUT2D eigenvalue weighted by molar-refractivity contribution is 0.0929. The highest BCUT2D eigenvalue weighted by molar-refractivity contribution is 6.01. The molecule has 3 nitrogen and oxygen atoms in total. The van der Waals surface area contributed by atoms with Gasteiger partial charge in [-0.15, -0.1) is 0 Å². The van der Waals surface area contributed by atoms with Gasteiger partial charge >= 0.3 is 0 Å². The maximum Gasteiger partial charge on any atom is 0.171 e. The zero-order chi connectivity index (χ0) is 10.1. The molecule has 0 atom stereocenters. The number of carbonyl (C=O) groups is 1. The Labute approximate surface area is 79.7 Å². The zero-order valence-corrected chi connectivity index (χ0v) is 7.21. The molecule has 0 amide bonds. The molecule has 1 aromatic rings. The Kier molecular flexibility index (Phi) is 1.93. The van der Waals surface area contributed by atoms with Crippen molar-refractivity contribution in [3.63, 3.8) is 0 Å². The molecule has 0 radical (unpaired) electrons. The second kappa shape index (κ2) is 3.11. The highest BCUT2D eigenvalue weighted by Crippen LogP contribution is 2.30. The minimum absolute atomic E-state index is 0.0822. The zero-order valence-electron chi connectivity index (χ0n) is 7.21. The number of hydrogen-bond donors (Lipinski definition) is 0. The number of rotatable bonds is 0. The Morgan fingerprint density at radius 1 is 1.50 bits per heavy atom. The quantitative estimate of drug-likeness (QED) is 0.626. The lowest BCUT2D eigenvalue weighted by Gasteiger charge is -2.17. The smallest absolute Gasteiger partial charge is 0.171 e. The first-order valence-electron chi connectivity index (χ1n) is 4.12. The van der Waals surface area contributed by atoms with Crippen molar-refractivity contribution in [1.29, 1.82) is 5.26 Å². The molecule has 0 unspecified atom stereocenters. The molecule has 0 fully saturated rings. The number of nitriles is 1. The van der Waals surface area contributed by atoms with Crippen molar-refractivity contribution < 1.29 is 13.9 Å². The third kappa shape index (κ3) is 1.14. The Bertz CT molecular complexity index is 448. The maximum atomic E-state index is 13.2. The predicted molar refractivity (Wildman–Crippen MR) is 45.6 cm³/mol. The van der Waals surface area contributed by atoms with Crippen molar-refractivity contribution in [2.75, 3.05) is 6.61 Å². The topological polar surface area (TPSA) is 50.1 Å². The van der Waals surface area contributed by atoms with E-state index in [0.717, 1.165) is 6.07 Å². The van der Waals surface area contributed by atoms with Crippen molar-refractivity contribution in [3.05, 3.63) is 29.1 Å². The minimum atomic E-state index is -0.591. The highest BCUT2D eigenvalue weighted by Gasteiger charge is 2.25. The third-order valence-electron chi connectivity index (χ3n) is 2.08. The Morgan fingerprint density at radius 2 is 2.29 bits per heavy atom. The number of Topliss-reactive ketones (excluding diaryl/α,β-unsaturated/α-hetero) is 1. The second-order valence-corrected chi connectivity index (χ2v) is 2.93. The average molecular weight is 191 g/mol. The van der Waals surface area contributed by atoms with Crippen LogP contribution in [-0.4, -0.2) is 12.4 Å². The van der Waals surface area contributed by atoms with Crippen molar-refractivity contribution in [3.8, 4) is 11.8 Å². The van der Waals surface area contributed by atoms with Gasteiger partial charge in [0.05, 0.1) is 17.7 Å². The summed E-state index contributed by atoms with van der Waals surface area (Å²) < 4.78 is 18.2. The van der Waals surface area contributed by atoms with E-state index in [1.807, 2.05) is 6.07 Å². The molecule has 0 aromatic heterocycles. The molecule has 4 heteroatoms. The van der Waals surface area contributed by atoms with Crippen molar-refractivity contribution in [1.82, 2.24) is 0 Å². The molecule has 0 spiro atoms. The summed E-state index contributed by atoms with van der Waals surface area (Å²) in [6.45, 7) is 0.178. The van der Waals surface area contributed by atoms with Gasteiger partial charge in [0.1, 0.15) is 6.07 Å². The molecular weight excluding hydrogens is 185 g/mol. The summed E-state index contributed by atoms with van der Waals surface area (Å²) >= 11 is 0. The van der Waals surface area contributed by atoms with Gasteiger partial charge in [0, 0.05) is 6.42 Å². The van der Waals surface area contributed by atoms with Gasteiger partial charge in [0.15, 0.2) is 17.3 Å². The van der Waals surface area contributed by atoms with E-state index in [9.17, 15) is 9.18 Å². The molecule has 0 saturated carbocycles. The summed E-state index contributed by atoms with van der Waals surface area (Å²) in [5.41, 5.74) is 0.254. The van der Waals surface area contributed by atoms with E-state index >= 15 is 0 Å². The molecule has 2 rings (SSSR count). The minimum Gasteiger partial charge on any atom is -0.489 e. The van der Waals surface area contributed by atoms with Crippen molar-refractivity contribution in [2.45, 2.75) is 6.42 Å². The van der Waals surface area contributed by atoms with E-state index in [1.165, 1.54) is 6.07 Å². The maximum absolute atomic E-state index is 13.2. The van der Waals surface area contributed by atoms with Crippen LogP contribution in [0.2, 0.25) is 0 Å². The van der Waals surface area contributed by atoms with Gasteiger partial charge in [-0.2, -0.15) is 5.26 Å². The summed E-state index contributed by atoms with van der Waals surface area (Å²) in [4.78, 5) is 11.4. The van der Waals surface area contributed by atoms with Gasteiger partial charge in [0.25, 0.3) is 0 Å². The summed E-state index contributed by atoms with van der Waals surface area (Å²) in [5.74, 6) is -0.908. The van der Waals surface area contributed by atoms with Gasteiger partial charge in [0.2, 0.25) is 0 Å². The van der Waals surface area contributed by atoms with Crippen molar-refractivity contribution in [2.24, 2.45) is 0 Å². The number of nitrogens with zero attached hydrogens (tertiary/aromatic N) is 1. The number of benzene rings is 1. The van der Waals surface area contributed by atoms with Crippen LogP contribution in [0.15, 0.2) is 12.1 Å². The van der Waals surface area contributed by atoms with Gasteiger partial charge in [-0.05, 0) is 12.1 Å². The second-order valence-electron chi connectivity index (χ2n) is 2.93. The summed E-state index contributed by atoms with van der Waals surface area (Å²) in [7, 11) is 0. The van der Waals surface area contributed by atoms with Crippen LogP contribution in [0, 0.1) is 17.1 Å². The normalized spacial score (nSPS) is 14.1. The SMILES string of the molecule is N#Cc1ccc(F)c2c1C(=O)CCO2. The number of halogens is 1. The molecular formula is C10H6FNO2. The number of carbonyl (C=O) groups excluding carboxylic acids is 1. The molecule has 1 heterocycles. The molecule has 0 bridgehead atoms. The molecule has 1 aliphatic rings. The lowest BCUT2D eigenvalue weighted by atomic mass is 9.99. The van der Waals surface area contributed by atoms with Crippen LogP contribution < -0.4 is 4.74 Å². The van der Waals surface area contributed by atoms with Gasteiger partial charge in [-0.1, -0.05) is 0 Å². The fourth-order valence-corrected chi connectivity index (χ4v) is 1.44. The molecule has 0 N–H and O–H groups in total. The summed E-state index contributed by atoms with van der Waals surface area (Å²) in [6, 6.07) is 4.27. The fraction of sp³-hybridized carbons (Fsp3) is 0.200. The largest absolute Gasteiger partial charge is 0.489 e. The first kappa shape index (κ1) is 8.70. The summed E-state index contributed by atoms with van der Waals surface area (Å²) in [6.07, 6.45) is 0.200. The number of hydrogen-bond acceptors (Lipinski definition) is 3. The molecule has 0 saturated heterocycles. The van der Waals surface area contributed by atoms with E-state index in [1.54, 1.807) is 0 Å². The highest BCUT2D eigenvalue weighted by atomic mass is 19.1. The fourth-order valence-electron chi connectivity index (χ4n) is 1.44. The van der Waals surface area contributed by atoms with Crippen LogP contribution in [0.5, 0.6) is 5.75 Å². The Balaban J connectivity index is 2.72. The molecule has 1 aromatic carbocycles. The molecule has 14 heavy (non-hydrogen) atoms. The summed E-state index contributed by atoms with van der Waals surface area (Å²) in [5, 5.41) is 8.72. The number of ether oxygens (including phenoxy) is 1. The molecule has 1 aliphatic heterocycles. The molecule has 0 aliphatic carbocycles. The van der Waals surface area contributed by atoms with Crippen LogP contribution in [0.1, 0.15) is 22.3 Å². The first-order chi connectivity index (χ1) is 6.74. The van der Waals surface area contributed by atoms with Gasteiger partial charge in [-0.3, -0.25) is 4.79 Å². The van der Waals surface area contributed by atoms with E-state index in [0.29, 0.717) is 0 Å². The van der Waals surface area contributed by atoms with Crippen LogP contribution in [0.4, 0.5) is 4.39 Å². The van der Waals surface area contributed by atoms with Gasteiger partial charge in [-0.25, -0.2) is 4.39 Å². The van der Waals surface area contributed by atoms with Crippen molar-refractivity contribution >= 4 is 5.78 Å². The Morgan fingerprint density at radius 3 is 3.00 bits per heavy atom. The monoisotopic (exact) mass is 191 g/mol. The van der Waals surface area contributed by atoms with Crippen LogP contribution in [0.25, 0.3) is 0 Å². The average Bonchev–Trinajstić information content (AvgIpc) is 2.20. The Hall–Kier alpha value is -1.89. The first-order valence-corrected chi connectivity index (χ1v) is 4.12. The number of ketones is 1. The van der Waals surface area contributed by atoms with Crippen LogP contribution >= 0.6 is 0 Å². The van der Waals surface area contributed by atoms with Crippen LogP contribution in [0.3, 0.4) is 0 Å². The van der Waals surface area contributed by atoms with Crippen LogP contribution in [-0.2, 0) is 0 Å². The van der Waals surface area contributed by atoms with E-state index in [4.69, 9.17) is 10.00 Å². The van der Waals surface area contributed by atoms with E-state index in [-0.39, 0.29) is 35.7 Å². The van der Waals surface area contributed by atoms with E-state index < -0.39 is 5.82 Å². The lowest BCUT2D eigenvalue weighted by Crippen LogP contribution is -2.17. The predicted octanol–water partition coefficient (Wildman–Crippen LogP) is 1.66. The number of fused-ring (bicyclic) bond motifs is 1. The van der Waals surface area contributed by atoms with E-state index in [2.05, 4.69) is 0 Å².